The quantitative estimate of drug-likeness (QED) is 0.165. The Morgan fingerprint density at radius 3 is 1.04 bits per heavy atom. The van der Waals surface area contributed by atoms with E-state index in [4.69, 9.17) is 15.0 Å². The summed E-state index contributed by atoms with van der Waals surface area (Å²) < 4.78 is 9.73. The van der Waals surface area contributed by atoms with Gasteiger partial charge in [-0.25, -0.2) is 15.0 Å². The van der Waals surface area contributed by atoms with Crippen LogP contribution in [0.5, 0.6) is 0 Å². The molecule has 9 heterocycles. The summed E-state index contributed by atoms with van der Waals surface area (Å²) in [5, 5.41) is 18.5. The number of hydrogen-bond donors (Lipinski definition) is 0. The van der Waals surface area contributed by atoms with Crippen LogP contribution in [0.1, 0.15) is 0 Å². The first-order chi connectivity index (χ1) is 37.8. The summed E-state index contributed by atoms with van der Waals surface area (Å²) in [4.78, 5) is 15.5. The van der Waals surface area contributed by atoms with Crippen molar-refractivity contribution in [2.45, 2.75) is 0 Å². The fourth-order valence-corrected chi connectivity index (χ4v) is 13.6. The molecule has 0 fully saturated rings. The van der Waals surface area contributed by atoms with Gasteiger partial charge in [0.2, 0.25) is 0 Å². The van der Waals surface area contributed by atoms with Crippen LogP contribution in [-0.2, 0) is 0 Å². The highest BCUT2D eigenvalue weighted by molar-refractivity contribution is 6.28. The highest BCUT2D eigenvalue weighted by Gasteiger charge is 2.22. The minimum Gasteiger partial charge on any atom is -0.307 e. The molecule has 0 saturated heterocycles. The lowest BCUT2D eigenvalue weighted by atomic mass is 9.96. The lowest BCUT2D eigenvalue weighted by Gasteiger charge is -2.13. The van der Waals surface area contributed by atoms with Crippen LogP contribution in [0.4, 0.5) is 0 Å². The maximum Gasteiger partial charge on any atom is 0.145 e. The van der Waals surface area contributed by atoms with Crippen LogP contribution in [0.2, 0.25) is 0 Å². The highest BCUT2D eigenvalue weighted by Crippen LogP contribution is 2.44. The van der Waals surface area contributed by atoms with Crippen LogP contribution in [0.15, 0.2) is 237 Å². The van der Waals surface area contributed by atoms with E-state index in [1.54, 1.807) is 0 Å². The Labute approximate surface area is 431 Å². The first kappa shape index (κ1) is 40.2. The van der Waals surface area contributed by atoms with Crippen molar-refractivity contribution in [2.75, 3.05) is 0 Å². The van der Waals surface area contributed by atoms with Gasteiger partial charge in [0.1, 0.15) is 16.9 Å². The van der Waals surface area contributed by atoms with E-state index in [9.17, 15) is 0 Å². The molecule has 0 bridgehead atoms. The van der Waals surface area contributed by atoms with E-state index in [0.717, 1.165) is 126 Å². The molecule has 0 aliphatic carbocycles. The van der Waals surface area contributed by atoms with E-state index in [0.29, 0.717) is 0 Å². The minimum absolute atomic E-state index is 0.910. The molecule has 7 nitrogen and oxygen atoms in total. The standard InChI is InChI=1S/C69H39N7/c1-2-15-43-42(14-1)46-17-7-20-49-45-16-3-4-28-58(45)73(63(46)49)61-34-32-41(39-62(61)76-65-47(43)18-8-22-51(65)56-27-13-37-72-69(56)76)40-31-33-44-48-19-9-21-50-54-25-11-35-70-67(54)74(64(48)50)59-29-5-6-30-60(59)75-66-52(55-26-12-36-71-68(55)75)23-10-24-53(66)57(44)38-40/h1-39H. The Morgan fingerprint density at radius 2 is 0.526 bits per heavy atom. The molecule has 0 radical (unpaired) electrons. The van der Waals surface area contributed by atoms with E-state index < -0.39 is 0 Å². The molecule has 0 saturated carbocycles. The zero-order valence-corrected chi connectivity index (χ0v) is 40.6. The van der Waals surface area contributed by atoms with Crippen molar-refractivity contribution >= 4 is 153 Å². The number of para-hydroxylation sites is 7. The third-order valence-corrected chi connectivity index (χ3v) is 16.6. The molecule has 0 unspecified atom stereocenters. The fourth-order valence-electron chi connectivity index (χ4n) is 13.6. The van der Waals surface area contributed by atoms with E-state index in [1.807, 2.05) is 24.7 Å². The molecule has 76 heavy (non-hydrogen) atoms. The molecule has 0 atom stereocenters. The maximum absolute atomic E-state index is 5.25. The van der Waals surface area contributed by atoms with Gasteiger partial charge < -0.3 is 4.40 Å². The van der Waals surface area contributed by atoms with E-state index in [1.165, 1.54) is 37.8 Å². The Balaban J connectivity index is 1.08. The second-order valence-electron chi connectivity index (χ2n) is 20.3. The van der Waals surface area contributed by atoms with Gasteiger partial charge in [0.25, 0.3) is 0 Å². The van der Waals surface area contributed by atoms with Crippen LogP contribution in [0.3, 0.4) is 0 Å². The molecule has 9 aromatic heterocycles. The van der Waals surface area contributed by atoms with Gasteiger partial charge in [-0.15, -0.1) is 0 Å². The number of fused-ring (bicyclic) bond motifs is 24. The van der Waals surface area contributed by atoms with E-state index >= 15 is 0 Å². The van der Waals surface area contributed by atoms with Gasteiger partial charge >= 0.3 is 0 Å². The number of pyridine rings is 3. The van der Waals surface area contributed by atoms with Crippen LogP contribution < -0.4 is 0 Å². The Kier molecular flexibility index (Phi) is 7.74. The molecule has 0 amide bonds. The lowest BCUT2D eigenvalue weighted by molar-refractivity contribution is 1.22. The number of hydrogen-bond acceptors (Lipinski definition) is 3. The molecule has 18 aromatic rings. The summed E-state index contributed by atoms with van der Waals surface area (Å²) in [6, 6.07) is 80.6. The molecule has 7 heteroatoms. The third kappa shape index (κ3) is 5.08. The van der Waals surface area contributed by atoms with Gasteiger partial charge in [-0.2, -0.15) is 0 Å². The van der Waals surface area contributed by atoms with Crippen molar-refractivity contribution in [3.05, 3.63) is 237 Å². The van der Waals surface area contributed by atoms with Gasteiger partial charge in [-0.05, 0) is 105 Å². The Morgan fingerprint density at radius 1 is 0.197 bits per heavy atom. The summed E-state index contributed by atoms with van der Waals surface area (Å²) in [6.45, 7) is 0. The predicted octanol–water partition coefficient (Wildman–Crippen LogP) is 17.5. The summed E-state index contributed by atoms with van der Waals surface area (Å²) >= 11 is 0. The van der Waals surface area contributed by atoms with Crippen LogP contribution in [-0.4, -0.2) is 32.6 Å². The predicted molar refractivity (Wildman–Crippen MR) is 317 cm³/mol. The van der Waals surface area contributed by atoms with Crippen LogP contribution in [0.25, 0.3) is 164 Å². The summed E-state index contributed by atoms with van der Waals surface area (Å²) in [7, 11) is 0. The highest BCUT2D eigenvalue weighted by atomic mass is 15.0. The molecule has 0 aliphatic heterocycles. The minimum atomic E-state index is 0.910. The second-order valence-corrected chi connectivity index (χ2v) is 20.3. The Bertz CT molecular complexity index is 5740. The Hall–Kier alpha value is -10.4. The fraction of sp³-hybridized carbons (Fsp3) is 0. The lowest BCUT2D eigenvalue weighted by Crippen LogP contribution is -1.95. The van der Waals surface area contributed by atoms with Crippen LogP contribution >= 0.6 is 0 Å². The SMILES string of the molecule is c1ccc2c(c1)c1cccc3c4ccccc4n(c4ccc(-c5ccc6c(c5)c5cccc7c8cccnc8n(c8ccccc8n8c9ncccc9c9cccc6c98)c57)cc4n4c5ncccc5c5cccc2c54)c13. The third-order valence-electron chi connectivity index (χ3n) is 16.6. The normalized spacial score (nSPS) is 12.5. The molecule has 350 valence electrons. The number of rotatable bonds is 1. The first-order valence-electron chi connectivity index (χ1n) is 25.9. The summed E-state index contributed by atoms with van der Waals surface area (Å²) in [5.41, 5.74) is 14.8. The number of benzene rings is 9. The largest absolute Gasteiger partial charge is 0.307 e. The molecular formula is C69H39N7. The van der Waals surface area contributed by atoms with Crippen molar-refractivity contribution in [1.29, 1.82) is 0 Å². The molecule has 9 aromatic carbocycles. The number of aromatic nitrogens is 7. The molecule has 18 rings (SSSR count). The van der Waals surface area contributed by atoms with Crippen molar-refractivity contribution in [3.63, 3.8) is 0 Å². The van der Waals surface area contributed by atoms with Gasteiger partial charge in [-0.3, -0.25) is 13.2 Å². The zero-order valence-electron chi connectivity index (χ0n) is 40.6. The zero-order chi connectivity index (χ0) is 49.3. The summed E-state index contributed by atoms with van der Waals surface area (Å²) in [6.07, 6.45) is 5.76. The van der Waals surface area contributed by atoms with Crippen molar-refractivity contribution in [3.8, 4) is 11.1 Å². The first-order valence-corrected chi connectivity index (χ1v) is 25.9. The number of nitrogens with zero attached hydrogens (tertiary/aromatic N) is 7. The van der Waals surface area contributed by atoms with Crippen LogP contribution in [0, 0.1) is 0 Å². The van der Waals surface area contributed by atoms with Gasteiger partial charge in [-0.1, -0.05) is 146 Å². The van der Waals surface area contributed by atoms with Crippen molar-refractivity contribution < 1.29 is 0 Å². The van der Waals surface area contributed by atoms with E-state index in [-0.39, 0.29) is 0 Å². The van der Waals surface area contributed by atoms with Gasteiger partial charge in [0, 0.05) is 83.2 Å². The van der Waals surface area contributed by atoms with Crippen molar-refractivity contribution in [2.24, 2.45) is 0 Å². The topological polar surface area (TPSA) is 56.3 Å². The van der Waals surface area contributed by atoms with E-state index in [2.05, 4.69) is 230 Å². The molecule has 0 aliphatic rings. The van der Waals surface area contributed by atoms with Crippen molar-refractivity contribution in [1.82, 2.24) is 32.6 Å². The average molecular weight is 966 g/mol. The second kappa shape index (κ2) is 14.7. The van der Waals surface area contributed by atoms with Gasteiger partial charge in [0.05, 0.1) is 49.7 Å². The monoisotopic (exact) mass is 965 g/mol. The maximum atomic E-state index is 5.25. The molecule has 0 spiro atoms. The smallest absolute Gasteiger partial charge is 0.145 e. The molecule has 0 N–H and O–H groups in total. The average Bonchev–Trinajstić information content (AvgIpc) is 4.23. The van der Waals surface area contributed by atoms with Gasteiger partial charge in [0.15, 0.2) is 0 Å². The summed E-state index contributed by atoms with van der Waals surface area (Å²) in [5.74, 6) is 0. The molecular weight excluding hydrogens is 927 g/mol.